The van der Waals surface area contributed by atoms with Crippen LogP contribution in [0.1, 0.15) is 32.3 Å². The van der Waals surface area contributed by atoms with E-state index >= 15 is 0 Å². The molecule has 1 aromatic rings. The maximum absolute atomic E-state index is 10.3. The van der Waals surface area contributed by atoms with Gasteiger partial charge in [0.15, 0.2) is 0 Å². The molecule has 76 valence electrons. The van der Waals surface area contributed by atoms with Crippen molar-refractivity contribution >= 4 is 15.9 Å². The van der Waals surface area contributed by atoms with E-state index < -0.39 is 5.60 Å². The summed E-state index contributed by atoms with van der Waals surface area (Å²) < 4.78 is 1.06. The number of aliphatic hydroxyl groups is 1. The lowest BCUT2D eigenvalue weighted by molar-refractivity contribution is -0.119. The summed E-state index contributed by atoms with van der Waals surface area (Å²) in [4.78, 5) is 0. The van der Waals surface area contributed by atoms with E-state index in [0.717, 1.165) is 22.9 Å². The predicted octanol–water partition coefficient (Wildman–Crippen LogP) is 3.46. The van der Waals surface area contributed by atoms with E-state index in [2.05, 4.69) is 29.8 Å². The largest absolute Gasteiger partial charge is 0.385 e. The fourth-order valence-corrected chi connectivity index (χ4v) is 2.76. The van der Waals surface area contributed by atoms with Gasteiger partial charge >= 0.3 is 0 Å². The van der Waals surface area contributed by atoms with E-state index in [9.17, 15) is 5.11 Å². The van der Waals surface area contributed by atoms with Crippen molar-refractivity contribution in [2.75, 3.05) is 0 Å². The molecular formula is C12H15BrO. The van der Waals surface area contributed by atoms with Gasteiger partial charge in [-0.25, -0.2) is 0 Å². The SMILES string of the molecule is CC1(C)CC(O)(c2ccc(Br)cc2)C1. The molecule has 0 bridgehead atoms. The Hall–Kier alpha value is -0.340. The topological polar surface area (TPSA) is 20.2 Å². The molecule has 0 unspecified atom stereocenters. The summed E-state index contributed by atoms with van der Waals surface area (Å²) in [5.74, 6) is 0. The molecule has 1 aromatic carbocycles. The average molecular weight is 255 g/mol. The van der Waals surface area contributed by atoms with Crippen molar-refractivity contribution < 1.29 is 5.11 Å². The molecule has 0 atom stereocenters. The van der Waals surface area contributed by atoms with Crippen molar-refractivity contribution in [3.63, 3.8) is 0 Å². The molecule has 0 aromatic heterocycles. The van der Waals surface area contributed by atoms with Crippen LogP contribution in [0.25, 0.3) is 0 Å². The third-order valence-electron chi connectivity index (χ3n) is 2.92. The molecule has 0 aliphatic heterocycles. The van der Waals surface area contributed by atoms with E-state index in [0.29, 0.717) is 5.41 Å². The third-order valence-corrected chi connectivity index (χ3v) is 3.45. The molecule has 0 radical (unpaired) electrons. The summed E-state index contributed by atoms with van der Waals surface area (Å²) in [5.41, 5.74) is 0.756. The van der Waals surface area contributed by atoms with Crippen LogP contribution in [0.2, 0.25) is 0 Å². The minimum atomic E-state index is -0.579. The zero-order valence-corrected chi connectivity index (χ0v) is 10.1. The van der Waals surface area contributed by atoms with Gasteiger partial charge in [0, 0.05) is 4.47 Å². The molecule has 2 heteroatoms. The zero-order chi connectivity index (χ0) is 10.4. The Bertz CT molecular complexity index is 332. The highest BCUT2D eigenvalue weighted by Crippen LogP contribution is 2.53. The first-order valence-corrected chi connectivity index (χ1v) is 5.69. The smallest absolute Gasteiger partial charge is 0.0906 e. The molecule has 0 amide bonds. The molecule has 2 rings (SSSR count). The van der Waals surface area contributed by atoms with Crippen LogP contribution in [0.3, 0.4) is 0 Å². The summed E-state index contributed by atoms with van der Waals surface area (Å²) in [5, 5.41) is 10.3. The maximum atomic E-state index is 10.3. The van der Waals surface area contributed by atoms with Crippen molar-refractivity contribution in [3.05, 3.63) is 34.3 Å². The van der Waals surface area contributed by atoms with Crippen LogP contribution in [0, 0.1) is 5.41 Å². The van der Waals surface area contributed by atoms with Crippen LogP contribution in [0.4, 0.5) is 0 Å². The van der Waals surface area contributed by atoms with Crippen LogP contribution in [-0.2, 0) is 5.60 Å². The van der Waals surface area contributed by atoms with E-state index in [1.807, 2.05) is 24.3 Å². The molecule has 1 N–H and O–H groups in total. The Morgan fingerprint density at radius 1 is 1.14 bits per heavy atom. The van der Waals surface area contributed by atoms with Gasteiger partial charge in [0.2, 0.25) is 0 Å². The Kier molecular flexibility index (Phi) is 2.24. The van der Waals surface area contributed by atoms with Gasteiger partial charge in [-0.1, -0.05) is 41.9 Å². The lowest BCUT2D eigenvalue weighted by atomic mass is 9.59. The standard InChI is InChI=1S/C12H15BrO/c1-11(2)7-12(14,8-11)9-3-5-10(13)6-4-9/h3-6,14H,7-8H2,1-2H3. The summed E-state index contributed by atoms with van der Waals surface area (Å²) in [6.07, 6.45) is 1.73. The second-order valence-electron chi connectivity index (χ2n) is 5.06. The molecule has 0 spiro atoms. The molecule has 1 aliphatic rings. The Morgan fingerprint density at radius 2 is 1.64 bits per heavy atom. The fourth-order valence-electron chi connectivity index (χ4n) is 2.50. The average Bonchev–Trinajstić information content (AvgIpc) is 2.01. The zero-order valence-electron chi connectivity index (χ0n) is 8.55. The van der Waals surface area contributed by atoms with Crippen LogP contribution in [-0.4, -0.2) is 5.11 Å². The first-order chi connectivity index (χ1) is 6.41. The molecule has 1 saturated carbocycles. The van der Waals surface area contributed by atoms with Gasteiger partial charge < -0.3 is 5.11 Å². The molecule has 0 saturated heterocycles. The highest BCUT2D eigenvalue weighted by Gasteiger charge is 2.48. The summed E-state index contributed by atoms with van der Waals surface area (Å²) in [6, 6.07) is 7.97. The Morgan fingerprint density at radius 3 is 2.07 bits per heavy atom. The van der Waals surface area contributed by atoms with Gasteiger partial charge in [0.1, 0.15) is 0 Å². The van der Waals surface area contributed by atoms with Gasteiger partial charge in [-0.05, 0) is 36.0 Å². The van der Waals surface area contributed by atoms with Gasteiger partial charge in [-0.3, -0.25) is 0 Å². The molecule has 1 aliphatic carbocycles. The number of benzene rings is 1. The number of hydrogen-bond donors (Lipinski definition) is 1. The Balaban J connectivity index is 2.21. The van der Waals surface area contributed by atoms with Crippen LogP contribution in [0.15, 0.2) is 28.7 Å². The molecule has 1 fully saturated rings. The number of rotatable bonds is 1. The second-order valence-corrected chi connectivity index (χ2v) is 5.97. The maximum Gasteiger partial charge on any atom is 0.0906 e. The highest BCUT2D eigenvalue weighted by atomic mass is 79.9. The molecule has 0 heterocycles. The number of halogens is 1. The van der Waals surface area contributed by atoms with Crippen molar-refractivity contribution in [1.29, 1.82) is 0 Å². The highest BCUT2D eigenvalue weighted by molar-refractivity contribution is 9.10. The summed E-state index contributed by atoms with van der Waals surface area (Å²) in [6.45, 7) is 4.39. The van der Waals surface area contributed by atoms with Gasteiger partial charge in [-0.2, -0.15) is 0 Å². The van der Waals surface area contributed by atoms with E-state index in [-0.39, 0.29) is 0 Å². The van der Waals surface area contributed by atoms with Gasteiger partial charge in [0.25, 0.3) is 0 Å². The molecular weight excluding hydrogens is 240 g/mol. The second kappa shape index (κ2) is 3.07. The fraction of sp³-hybridized carbons (Fsp3) is 0.500. The van der Waals surface area contributed by atoms with Crippen molar-refractivity contribution in [2.24, 2.45) is 5.41 Å². The van der Waals surface area contributed by atoms with Crippen LogP contribution >= 0.6 is 15.9 Å². The van der Waals surface area contributed by atoms with Gasteiger partial charge in [0.05, 0.1) is 5.60 Å². The molecule has 1 nitrogen and oxygen atoms in total. The lowest BCUT2D eigenvalue weighted by Crippen LogP contribution is -2.46. The van der Waals surface area contributed by atoms with Crippen LogP contribution in [0.5, 0.6) is 0 Å². The monoisotopic (exact) mass is 254 g/mol. The quantitative estimate of drug-likeness (QED) is 0.814. The first-order valence-electron chi connectivity index (χ1n) is 4.90. The summed E-state index contributed by atoms with van der Waals surface area (Å²) in [7, 11) is 0. The Labute approximate surface area is 93.3 Å². The molecule has 14 heavy (non-hydrogen) atoms. The minimum Gasteiger partial charge on any atom is -0.385 e. The van der Waals surface area contributed by atoms with Crippen molar-refractivity contribution in [1.82, 2.24) is 0 Å². The lowest BCUT2D eigenvalue weighted by Gasteiger charge is -2.50. The van der Waals surface area contributed by atoms with E-state index in [4.69, 9.17) is 0 Å². The minimum absolute atomic E-state index is 0.293. The van der Waals surface area contributed by atoms with Crippen molar-refractivity contribution in [2.45, 2.75) is 32.3 Å². The van der Waals surface area contributed by atoms with Crippen molar-refractivity contribution in [3.8, 4) is 0 Å². The summed E-state index contributed by atoms with van der Waals surface area (Å²) >= 11 is 3.39. The van der Waals surface area contributed by atoms with E-state index in [1.54, 1.807) is 0 Å². The van der Waals surface area contributed by atoms with Gasteiger partial charge in [-0.15, -0.1) is 0 Å². The van der Waals surface area contributed by atoms with Crippen LogP contribution < -0.4 is 0 Å². The predicted molar refractivity (Wildman–Crippen MR) is 61.1 cm³/mol. The normalized spacial score (nSPS) is 22.9. The first kappa shape index (κ1) is 10.2. The van der Waals surface area contributed by atoms with E-state index in [1.165, 1.54) is 0 Å². The third kappa shape index (κ3) is 1.73. The number of hydrogen-bond acceptors (Lipinski definition) is 1.